The maximum Gasteiger partial charge on any atom is 0.245 e. The highest BCUT2D eigenvalue weighted by Gasteiger charge is 2.10. The van der Waals surface area contributed by atoms with Crippen molar-refractivity contribution in [3.05, 3.63) is 35.5 Å². The third kappa shape index (κ3) is 4.22. The van der Waals surface area contributed by atoms with E-state index in [1.54, 1.807) is 18.2 Å². The van der Waals surface area contributed by atoms with Gasteiger partial charge in [0.05, 0.1) is 30.5 Å². The molecule has 1 aromatic heterocycles. The summed E-state index contributed by atoms with van der Waals surface area (Å²) in [5.41, 5.74) is 1.31. The van der Waals surface area contributed by atoms with Crippen molar-refractivity contribution in [3.8, 4) is 11.8 Å². The Kier molecular flexibility index (Phi) is 5.37. The van der Waals surface area contributed by atoms with E-state index in [1.807, 2.05) is 6.92 Å². The van der Waals surface area contributed by atoms with Crippen LogP contribution in [0, 0.1) is 17.2 Å². The lowest BCUT2D eigenvalue weighted by Crippen LogP contribution is -2.04. The van der Waals surface area contributed by atoms with Crippen LogP contribution in [0.2, 0.25) is 0 Å². The van der Waals surface area contributed by atoms with E-state index < -0.39 is 0 Å². The van der Waals surface area contributed by atoms with Crippen LogP contribution in [0.4, 0.5) is 5.69 Å². The maximum atomic E-state index is 9.00. The van der Waals surface area contributed by atoms with Gasteiger partial charge in [-0.25, -0.2) is 0 Å². The molecule has 1 heterocycles. The Morgan fingerprint density at radius 1 is 1.41 bits per heavy atom. The van der Waals surface area contributed by atoms with Crippen molar-refractivity contribution in [2.24, 2.45) is 5.92 Å². The highest BCUT2D eigenvalue weighted by atomic mass is 16.5. The summed E-state index contributed by atoms with van der Waals surface area (Å²) in [5.74, 6) is 2.40. The largest absolute Gasteiger partial charge is 0.492 e. The zero-order valence-electron chi connectivity index (χ0n) is 13.1. The van der Waals surface area contributed by atoms with Gasteiger partial charge in [-0.3, -0.25) is 0 Å². The lowest BCUT2D eigenvalue weighted by atomic mass is 10.1. The van der Waals surface area contributed by atoms with Gasteiger partial charge < -0.3 is 14.6 Å². The quantitative estimate of drug-likeness (QED) is 0.845. The SMILES string of the molecule is CCOc1ccc(C#N)cc1NCc1nc(CC(C)C)no1. The minimum atomic E-state index is 0.389. The lowest BCUT2D eigenvalue weighted by molar-refractivity contribution is 0.341. The molecule has 6 heteroatoms. The highest BCUT2D eigenvalue weighted by Crippen LogP contribution is 2.26. The predicted molar refractivity (Wildman–Crippen MR) is 82.5 cm³/mol. The molecule has 0 atom stereocenters. The Morgan fingerprint density at radius 2 is 2.23 bits per heavy atom. The van der Waals surface area contributed by atoms with Crippen molar-refractivity contribution in [1.29, 1.82) is 5.26 Å². The van der Waals surface area contributed by atoms with Crippen LogP contribution >= 0.6 is 0 Å². The van der Waals surface area contributed by atoms with Crippen molar-refractivity contribution in [2.75, 3.05) is 11.9 Å². The number of anilines is 1. The van der Waals surface area contributed by atoms with E-state index in [4.69, 9.17) is 14.5 Å². The number of nitriles is 1. The van der Waals surface area contributed by atoms with Crippen LogP contribution in [-0.4, -0.2) is 16.7 Å². The smallest absolute Gasteiger partial charge is 0.245 e. The van der Waals surface area contributed by atoms with Crippen LogP contribution in [0.1, 0.15) is 38.0 Å². The van der Waals surface area contributed by atoms with Gasteiger partial charge in [0.25, 0.3) is 0 Å². The molecule has 0 radical (unpaired) electrons. The third-order valence-corrected chi connectivity index (χ3v) is 2.94. The first kappa shape index (κ1) is 15.8. The second kappa shape index (κ2) is 7.46. The second-order valence-corrected chi connectivity index (χ2v) is 5.31. The fourth-order valence-electron chi connectivity index (χ4n) is 2.00. The lowest BCUT2D eigenvalue weighted by Gasteiger charge is -2.11. The first-order valence-electron chi connectivity index (χ1n) is 7.34. The molecule has 6 nitrogen and oxygen atoms in total. The summed E-state index contributed by atoms with van der Waals surface area (Å²) in [6, 6.07) is 7.37. The van der Waals surface area contributed by atoms with E-state index in [1.165, 1.54) is 0 Å². The van der Waals surface area contributed by atoms with E-state index >= 15 is 0 Å². The Hall–Kier alpha value is -2.55. The van der Waals surface area contributed by atoms with Crippen molar-refractivity contribution >= 4 is 5.69 Å². The molecule has 0 amide bonds. The summed E-state index contributed by atoms with van der Waals surface area (Å²) >= 11 is 0. The summed E-state index contributed by atoms with van der Waals surface area (Å²) in [7, 11) is 0. The van der Waals surface area contributed by atoms with Gasteiger partial charge in [-0.1, -0.05) is 19.0 Å². The summed E-state index contributed by atoms with van der Waals surface area (Å²) in [6.07, 6.45) is 0.789. The summed E-state index contributed by atoms with van der Waals surface area (Å²) in [4.78, 5) is 4.34. The minimum Gasteiger partial charge on any atom is -0.492 e. The van der Waals surface area contributed by atoms with Crippen LogP contribution in [-0.2, 0) is 13.0 Å². The van der Waals surface area contributed by atoms with Crippen LogP contribution in [0.3, 0.4) is 0 Å². The van der Waals surface area contributed by atoms with Crippen molar-refractivity contribution in [2.45, 2.75) is 33.7 Å². The van der Waals surface area contributed by atoms with Gasteiger partial charge in [-0.05, 0) is 31.0 Å². The van der Waals surface area contributed by atoms with E-state index in [0.29, 0.717) is 42.1 Å². The number of aromatic nitrogens is 2. The zero-order chi connectivity index (χ0) is 15.9. The van der Waals surface area contributed by atoms with Crippen molar-refractivity contribution in [1.82, 2.24) is 10.1 Å². The standard InChI is InChI=1S/C16H20N4O2/c1-4-21-14-6-5-12(9-17)8-13(14)18-10-16-19-15(20-22-16)7-11(2)3/h5-6,8,11,18H,4,7,10H2,1-3H3. The number of ether oxygens (including phenoxy) is 1. The first-order chi connectivity index (χ1) is 10.6. The molecule has 22 heavy (non-hydrogen) atoms. The van der Waals surface area contributed by atoms with Crippen molar-refractivity contribution in [3.63, 3.8) is 0 Å². The topological polar surface area (TPSA) is 84.0 Å². The first-order valence-corrected chi connectivity index (χ1v) is 7.34. The van der Waals surface area contributed by atoms with E-state index in [-0.39, 0.29) is 0 Å². The maximum absolute atomic E-state index is 9.00. The number of rotatable bonds is 7. The highest BCUT2D eigenvalue weighted by molar-refractivity contribution is 5.60. The molecule has 0 saturated heterocycles. The summed E-state index contributed by atoms with van der Waals surface area (Å²) in [5, 5.41) is 16.1. The zero-order valence-corrected chi connectivity index (χ0v) is 13.1. The van der Waals surface area contributed by atoms with Crippen LogP contribution in [0.25, 0.3) is 0 Å². The molecule has 0 bridgehead atoms. The van der Waals surface area contributed by atoms with Crippen LogP contribution < -0.4 is 10.1 Å². The van der Waals surface area contributed by atoms with Gasteiger partial charge in [-0.15, -0.1) is 0 Å². The second-order valence-electron chi connectivity index (χ2n) is 5.31. The molecule has 0 fully saturated rings. The molecule has 0 aliphatic rings. The fourth-order valence-corrected chi connectivity index (χ4v) is 2.00. The molecule has 1 N–H and O–H groups in total. The van der Waals surface area contributed by atoms with Gasteiger partial charge in [0, 0.05) is 6.42 Å². The molecule has 0 aliphatic heterocycles. The Morgan fingerprint density at radius 3 is 2.91 bits per heavy atom. The molecule has 0 aliphatic carbocycles. The molecule has 116 valence electrons. The molecule has 0 saturated carbocycles. The van der Waals surface area contributed by atoms with Crippen molar-refractivity contribution < 1.29 is 9.26 Å². The Balaban J connectivity index is 2.07. The molecular formula is C16H20N4O2. The van der Waals surface area contributed by atoms with Crippen LogP contribution in [0.15, 0.2) is 22.7 Å². The Bertz CT molecular complexity index is 658. The molecule has 0 unspecified atom stereocenters. The van der Waals surface area contributed by atoms with Gasteiger partial charge in [0.1, 0.15) is 5.75 Å². The molecule has 2 aromatic rings. The monoisotopic (exact) mass is 300 g/mol. The third-order valence-electron chi connectivity index (χ3n) is 2.94. The number of nitrogens with zero attached hydrogens (tertiary/aromatic N) is 3. The van der Waals surface area contributed by atoms with E-state index in [9.17, 15) is 0 Å². The van der Waals surface area contributed by atoms with Gasteiger partial charge in [0.2, 0.25) is 5.89 Å². The van der Waals surface area contributed by atoms with E-state index in [0.717, 1.165) is 12.1 Å². The Labute approximate surface area is 130 Å². The molecule has 1 aromatic carbocycles. The molecule has 0 spiro atoms. The average molecular weight is 300 g/mol. The average Bonchev–Trinajstić information content (AvgIpc) is 2.93. The van der Waals surface area contributed by atoms with Gasteiger partial charge in [0.15, 0.2) is 5.82 Å². The van der Waals surface area contributed by atoms with Crippen LogP contribution in [0.5, 0.6) is 5.75 Å². The molecule has 2 rings (SSSR count). The van der Waals surface area contributed by atoms with Gasteiger partial charge in [-0.2, -0.15) is 10.2 Å². The van der Waals surface area contributed by atoms with Gasteiger partial charge >= 0.3 is 0 Å². The van der Waals surface area contributed by atoms with E-state index in [2.05, 4.69) is 35.4 Å². The number of hydrogen-bond donors (Lipinski definition) is 1. The minimum absolute atomic E-state index is 0.389. The number of hydrogen-bond acceptors (Lipinski definition) is 6. The summed E-state index contributed by atoms with van der Waals surface area (Å²) in [6.45, 7) is 7.07. The fraction of sp³-hybridized carbons (Fsp3) is 0.438. The normalized spacial score (nSPS) is 10.5. The molecular weight excluding hydrogens is 280 g/mol. The predicted octanol–water partition coefficient (Wildman–Crippen LogP) is 3.15. The number of nitrogens with one attached hydrogen (secondary N) is 1. The number of benzene rings is 1. The summed E-state index contributed by atoms with van der Waals surface area (Å²) < 4.78 is 10.8.